The maximum atomic E-state index is 13.1. The van der Waals surface area contributed by atoms with Crippen LogP contribution >= 0.6 is 0 Å². The summed E-state index contributed by atoms with van der Waals surface area (Å²) in [6, 6.07) is 0. The van der Waals surface area contributed by atoms with Crippen LogP contribution in [0, 0.1) is 0 Å². The summed E-state index contributed by atoms with van der Waals surface area (Å²) in [5.74, 6) is -1.41. The van der Waals surface area contributed by atoms with Gasteiger partial charge in [-0.25, -0.2) is 4.39 Å². The highest BCUT2D eigenvalue weighted by molar-refractivity contribution is 6.08. The van der Waals surface area contributed by atoms with Gasteiger partial charge in [0.05, 0.1) is 0 Å². The Morgan fingerprint density at radius 2 is 1.60 bits per heavy atom. The molecule has 0 aromatic heterocycles. The molecule has 0 N–H and O–H groups in total. The maximum Gasteiger partial charge on any atom is 0.225 e. The van der Waals surface area contributed by atoms with E-state index in [0.717, 1.165) is 13.8 Å². The van der Waals surface area contributed by atoms with Crippen molar-refractivity contribution in [2.45, 2.75) is 32.9 Å². The van der Waals surface area contributed by atoms with Gasteiger partial charge in [-0.1, -0.05) is 6.92 Å². The van der Waals surface area contributed by atoms with E-state index in [2.05, 4.69) is 0 Å². The fourth-order valence-electron chi connectivity index (χ4n) is 0.746. The molecule has 0 amide bonds. The van der Waals surface area contributed by atoms with E-state index in [0.29, 0.717) is 0 Å². The van der Waals surface area contributed by atoms with Crippen molar-refractivity contribution in [3.8, 4) is 0 Å². The summed E-state index contributed by atoms with van der Waals surface area (Å²) >= 11 is 0. The predicted molar refractivity (Wildman–Crippen MR) is 35.5 cm³/mol. The van der Waals surface area contributed by atoms with Crippen LogP contribution in [0.25, 0.3) is 0 Å². The van der Waals surface area contributed by atoms with Crippen LogP contribution in [0.15, 0.2) is 0 Å². The second-order valence-corrected chi connectivity index (χ2v) is 2.27. The van der Waals surface area contributed by atoms with Gasteiger partial charge in [-0.2, -0.15) is 0 Å². The number of hydrogen-bond donors (Lipinski definition) is 0. The van der Waals surface area contributed by atoms with Crippen LogP contribution in [0.5, 0.6) is 0 Å². The van der Waals surface area contributed by atoms with Gasteiger partial charge in [0.15, 0.2) is 11.6 Å². The van der Waals surface area contributed by atoms with Gasteiger partial charge in [-0.3, -0.25) is 9.59 Å². The molecule has 0 rings (SSSR count). The van der Waals surface area contributed by atoms with Gasteiger partial charge in [-0.05, 0) is 20.3 Å². The van der Waals surface area contributed by atoms with E-state index < -0.39 is 17.2 Å². The number of rotatable bonds is 3. The molecule has 0 aliphatic carbocycles. The first-order chi connectivity index (χ1) is 4.45. The molecule has 3 heteroatoms. The van der Waals surface area contributed by atoms with Crippen LogP contribution < -0.4 is 0 Å². The molecule has 0 bridgehead atoms. The molecule has 0 saturated heterocycles. The van der Waals surface area contributed by atoms with Gasteiger partial charge in [0.2, 0.25) is 5.67 Å². The van der Waals surface area contributed by atoms with Gasteiger partial charge in [-0.15, -0.1) is 0 Å². The SMILES string of the molecule is CCC(F)(C(C)=O)C(C)=O. The molecule has 10 heavy (non-hydrogen) atoms. The van der Waals surface area contributed by atoms with E-state index in [-0.39, 0.29) is 6.42 Å². The molecular formula is C7H11FO2. The third-order valence-corrected chi connectivity index (χ3v) is 1.60. The zero-order valence-corrected chi connectivity index (χ0v) is 6.40. The van der Waals surface area contributed by atoms with Crippen molar-refractivity contribution in [2.24, 2.45) is 0 Å². The fraction of sp³-hybridized carbons (Fsp3) is 0.714. The number of alkyl halides is 1. The second-order valence-electron chi connectivity index (χ2n) is 2.27. The van der Waals surface area contributed by atoms with Crippen molar-refractivity contribution in [1.29, 1.82) is 0 Å². The van der Waals surface area contributed by atoms with E-state index in [4.69, 9.17) is 0 Å². The lowest BCUT2D eigenvalue weighted by atomic mass is 9.94. The molecule has 0 radical (unpaired) electrons. The van der Waals surface area contributed by atoms with Crippen molar-refractivity contribution in [3.05, 3.63) is 0 Å². The smallest absolute Gasteiger partial charge is 0.225 e. The van der Waals surface area contributed by atoms with Crippen molar-refractivity contribution >= 4 is 11.6 Å². The molecule has 0 saturated carbocycles. The van der Waals surface area contributed by atoms with E-state index in [9.17, 15) is 14.0 Å². The molecule has 0 fully saturated rings. The van der Waals surface area contributed by atoms with Crippen LogP contribution in [0.3, 0.4) is 0 Å². The average Bonchev–Trinajstić information content (AvgIpc) is 1.85. The molecule has 0 aromatic carbocycles. The highest BCUT2D eigenvalue weighted by Gasteiger charge is 2.38. The summed E-state index contributed by atoms with van der Waals surface area (Å²) in [6.45, 7) is 3.65. The number of hydrogen-bond acceptors (Lipinski definition) is 2. The van der Waals surface area contributed by atoms with E-state index >= 15 is 0 Å². The molecular weight excluding hydrogens is 135 g/mol. The van der Waals surface area contributed by atoms with Crippen LogP contribution in [-0.4, -0.2) is 17.2 Å². The van der Waals surface area contributed by atoms with E-state index in [1.165, 1.54) is 6.92 Å². The number of carbonyl (C=O) groups excluding carboxylic acids is 2. The normalized spacial score (nSPS) is 11.2. The summed E-state index contributed by atoms with van der Waals surface area (Å²) < 4.78 is 13.1. The highest BCUT2D eigenvalue weighted by Crippen LogP contribution is 2.17. The minimum Gasteiger partial charge on any atom is -0.296 e. The van der Waals surface area contributed by atoms with Gasteiger partial charge in [0.25, 0.3) is 0 Å². The molecule has 0 spiro atoms. The van der Waals surface area contributed by atoms with Gasteiger partial charge < -0.3 is 0 Å². The fourth-order valence-corrected chi connectivity index (χ4v) is 0.746. The molecule has 0 heterocycles. The molecule has 0 aromatic rings. The third kappa shape index (κ3) is 1.40. The number of carbonyl (C=O) groups is 2. The van der Waals surface area contributed by atoms with E-state index in [1.807, 2.05) is 0 Å². The number of ketones is 2. The highest BCUT2D eigenvalue weighted by atomic mass is 19.1. The zero-order valence-electron chi connectivity index (χ0n) is 6.40. The Balaban J connectivity index is 4.55. The van der Waals surface area contributed by atoms with Crippen molar-refractivity contribution in [1.82, 2.24) is 0 Å². The Morgan fingerprint density at radius 3 is 1.60 bits per heavy atom. The minimum atomic E-state index is -2.24. The largest absolute Gasteiger partial charge is 0.296 e. The first-order valence-corrected chi connectivity index (χ1v) is 3.16. The topological polar surface area (TPSA) is 34.1 Å². The minimum absolute atomic E-state index is 0.0718. The van der Waals surface area contributed by atoms with Crippen LogP contribution in [0.4, 0.5) is 4.39 Å². The summed E-state index contributed by atoms with van der Waals surface area (Å²) in [7, 11) is 0. The lowest BCUT2D eigenvalue weighted by molar-refractivity contribution is -0.140. The molecule has 2 nitrogen and oxygen atoms in total. The Labute approximate surface area is 59.4 Å². The lowest BCUT2D eigenvalue weighted by Gasteiger charge is -2.15. The first-order valence-electron chi connectivity index (χ1n) is 3.16. The van der Waals surface area contributed by atoms with Crippen molar-refractivity contribution < 1.29 is 14.0 Å². The predicted octanol–water partition coefficient (Wildman–Crippen LogP) is 1.28. The Bertz CT molecular complexity index is 149. The summed E-state index contributed by atoms with van der Waals surface area (Å²) in [6.07, 6.45) is -0.0718. The molecule has 0 aliphatic heterocycles. The molecule has 0 atom stereocenters. The number of halogens is 1. The van der Waals surface area contributed by atoms with Gasteiger partial charge >= 0.3 is 0 Å². The van der Waals surface area contributed by atoms with Crippen molar-refractivity contribution in [3.63, 3.8) is 0 Å². The quantitative estimate of drug-likeness (QED) is 0.562. The summed E-state index contributed by atoms with van der Waals surface area (Å²) in [4.78, 5) is 21.1. The monoisotopic (exact) mass is 146 g/mol. The van der Waals surface area contributed by atoms with Gasteiger partial charge in [0, 0.05) is 0 Å². The molecule has 58 valence electrons. The standard InChI is InChI=1S/C7H11FO2/c1-4-7(8,5(2)9)6(3)10/h4H2,1-3H3. The Kier molecular flexibility index (Phi) is 2.69. The van der Waals surface area contributed by atoms with Crippen LogP contribution in [0.1, 0.15) is 27.2 Å². The zero-order chi connectivity index (χ0) is 8.36. The molecule has 0 unspecified atom stereocenters. The van der Waals surface area contributed by atoms with Crippen molar-refractivity contribution in [2.75, 3.05) is 0 Å². The van der Waals surface area contributed by atoms with Crippen LogP contribution in [-0.2, 0) is 9.59 Å². The van der Waals surface area contributed by atoms with Crippen LogP contribution in [0.2, 0.25) is 0 Å². The number of Topliss-reactive ketones (excluding diaryl/α,β-unsaturated/α-hetero) is 2. The van der Waals surface area contributed by atoms with Gasteiger partial charge in [0.1, 0.15) is 0 Å². The average molecular weight is 146 g/mol. The lowest BCUT2D eigenvalue weighted by Crippen LogP contribution is -2.38. The molecule has 0 aliphatic rings. The van der Waals surface area contributed by atoms with E-state index in [1.54, 1.807) is 0 Å². The third-order valence-electron chi connectivity index (χ3n) is 1.60. The second kappa shape index (κ2) is 2.90. The summed E-state index contributed by atoms with van der Waals surface area (Å²) in [5.41, 5.74) is -2.24. The Hall–Kier alpha value is -0.730. The Morgan fingerprint density at radius 1 is 1.30 bits per heavy atom. The first kappa shape index (κ1) is 9.27. The summed E-state index contributed by atoms with van der Waals surface area (Å²) in [5, 5.41) is 0. The maximum absolute atomic E-state index is 13.1.